The van der Waals surface area contributed by atoms with Gasteiger partial charge in [-0.2, -0.15) is 13.2 Å². The summed E-state index contributed by atoms with van der Waals surface area (Å²) in [5, 5.41) is 3.72. The number of fused-ring (bicyclic) bond motifs is 1. The van der Waals surface area contributed by atoms with Crippen LogP contribution in [0.1, 0.15) is 28.3 Å². The summed E-state index contributed by atoms with van der Waals surface area (Å²) in [7, 11) is 2.85. The smallest absolute Gasteiger partial charge is 0.416 e. The van der Waals surface area contributed by atoms with Crippen molar-refractivity contribution in [3.63, 3.8) is 0 Å². The maximum atomic E-state index is 15.5. The number of methoxy groups -OCH3 is 2. The molecular weight excluding hydrogens is 575 g/mol. The molecule has 5 nitrogen and oxygen atoms in total. The van der Waals surface area contributed by atoms with Gasteiger partial charge >= 0.3 is 6.18 Å². The number of thioether (sulfide) groups is 1. The molecular formula is C31H27F5N2O3S. The van der Waals surface area contributed by atoms with E-state index < -0.39 is 47.0 Å². The SMILES string of the molecule is COc1ccc(NCC2CSc3c(Cc4c(F)cccc4C(F)(F)F)c(C)c(-c4cccc(OC)c4F)c(=O)n32)cc1. The highest BCUT2D eigenvalue weighted by molar-refractivity contribution is 7.99. The van der Waals surface area contributed by atoms with Gasteiger partial charge in [-0.25, -0.2) is 8.78 Å². The number of anilines is 1. The molecule has 1 aromatic heterocycles. The van der Waals surface area contributed by atoms with E-state index in [9.17, 15) is 22.4 Å². The second kappa shape index (κ2) is 11.7. The highest BCUT2D eigenvalue weighted by Crippen LogP contribution is 2.42. The third-order valence-corrected chi connectivity index (χ3v) is 8.65. The fourth-order valence-electron chi connectivity index (χ4n) is 5.23. The van der Waals surface area contributed by atoms with Crippen molar-refractivity contribution in [2.45, 2.75) is 30.6 Å². The minimum atomic E-state index is -4.79. The molecule has 1 atom stereocenters. The molecule has 0 spiro atoms. The molecule has 0 radical (unpaired) electrons. The first-order chi connectivity index (χ1) is 20.0. The molecule has 1 N–H and O–H groups in total. The van der Waals surface area contributed by atoms with Gasteiger partial charge in [0.1, 0.15) is 11.6 Å². The number of aromatic nitrogens is 1. The number of nitrogens with one attached hydrogen (secondary N) is 1. The average molecular weight is 603 g/mol. The van der Waals surface area contributed by atoms with Crippen LogP contribution in [-0.4, -0.2) is 31.1 Å². The highest BCUT2D eigenvalue weighted by atomic mass is 32.2. The molecule has 0 saturated heterocycles. The van der Waals surface area contributed by atoms with Gasteiger partial charge in [-0.3, -0.25) is 9.36 Å². The van der Waals surface area contributed by atoms with Gasteiger partial charge in [0.2, 0.25) is 0 Å². The molecule has 1 aliphatic rings. The zero-order chi connectivity index (χ0) is 30.2. The monoisotopic (exact) mass is 602 g/mol. The third-order valence-electron chi connectivity index (χ3n) is 7.38. The Hall–Kier alpha value is -3.99. The molecule has 0 aliphatic carbocycles. The largest absolute Gasteiger partial charge is 0.497 e. The quantitative estimate of drug-likeness (QED) is 0.212. The number of nitrogens with zero attached hydrogens (tertiary/aromatic N) is 1. The molecule has 220 valence electrons. The Morgan fingerprint density at radius 2 is 1.69 bits per heavy atom. The lowest BCUT2D eigenvalue weighted by Gasteiger charge is -2.22. The Bertz CT molecular complexity index is 1690. The van der Waals surface area contributed by atoms with Gasteiger partial charge < -0.3 is 14.8 Å². The lowest BCUT2D eigenvalue weighted by Crippen LogP contribution is -2.31. The van der Waals surface area contributed by atoms with E-state index in [4.69, 9.17) is 9.47 Å². The molecule has 5 rings (SSSR count). The number of halogens is 5. The van der Waals surface area contributed by atoms with Gasteiger partial charge in [0, 0.05) is 35.5 Å². The van der Waals surface area contributed by atoms with E-state index in [1.807, 2.05) is 12.1 Å². The number of hydrogen-bond donors (Lipinski definition) is 1. The minimum Gasteiger partial charge on any atom is -0.497 e. The van der Waals surface area contributed by atoms with Crippen LogP contribution in [0, 0.1) is 18.6 Å². The third kappa shape index (κ3) is 5.45. The van der Waals surface area contributed by atoms with E-state index in [-0.39, 0.29) is 22.4 Å². The molecule has 1 unspecified atom stereocenters. The molecule has 11 heteroatoms. The predicted octanol–water partition coefficient (Wildman–Crippen LogP) is 7.49. The lowest BCUT2D eigenvalue weighted by molar-refractivity contribution is -0.138. The van der Waals surface area contributed by atoms with Crippen LogP contribution in [0.15, 0.2) is 70.5 Å². The summed E-state index contributed by atoms with van der Waals surface area (Å²) in [4.78, 5) is 14.1. The van der Waals surface area contributed by atoms with Crippen LogP contribution in [0.4, 0.5) is 27.6 Å². The van der Waals surface area contributed by atoms with E-state index in [1.54, 1.807) is 26.2 Å². The molecule has 4 aromatic rings. The van der Waals surface area contributed by atoms with Crippen molar-refractivity contribution in [1.29, 1.82) is 0 Å². The Morgan fingerprint density at radius 1 is 0.976 bits per heavy atom. The van der Waals surface area contributed by atoms with E-state index in [0.717, 1.165) is 23.9 Å². The van der Waals surface area contributed by atoms with Crippen molar-refractivity contribution in [2.24, 2.45) is 0 Å². The highest BCUT2D eigenvalue weighted by Gasteiger charge is 2.36. The number of benzene rings is 3. The first-order valence-corrected chi connectivity index (χ1v) is 14.0. The molecule has 0 fully saturated rings. The van der Waals surface area contributed by atoms with E-state index in [0.29, 0.717) is 28.6 Å². The maximum absolute atomic E-state index is 15.5. The second-order valence-electron chi connectivity index (χ2n) is 9.80. The Balaban J connectivity index is 1.67. The van der Waals surface area contributed by atoms with Crippen LogP contribution >= 0.6 is 11.8 Å². The van der Waals surface area contributed by atoms with Gasteiger partial charge in [-0.15, -0.1) is 11.8 Å². The van der Waals surface area contributed by atoms with Crippen molar-refractivity contribution in [3.05, 3.63) is 105 Å². The molecule has 1 aliphatic heterocycles. The lowest BCUT2D eigenvalue weighted by atomic mass is 9.92. The Kier molecular flexibility index (Phi) is 8.23. The van der Waals surface area contributed by atoms with Crippen LogP contribution in [0.3, 0.4) is 0 Å². The number of rotatable bonds is 8. The van der Waals surface area contributed by atoms with E-state index >= 15 is 4.39 Å². The van der Waals surface area contributed by atoms with Gasteiger partial charge in [0.25, 0.3) is 5.56 Å². The zero-order valence-corrected chi connectivity index (χ0v) is 23.8. The Labute approximate surface area is 243 Å². The van der Waals surface area contributed by atoms with Crippen LogP contribution < -0.4 is 20.3 Å². The first kappa shape index (κ1) is 29.5. The average Bonchev–Trinajstić information content (AvgIpc) is 3.39. The van der Waals surface area contributed by atoms with Crippen molar-refractivity contribution in [2.75, 3.05) is 31.8 Å². The van der Waals surface area contributed by atoms with Crippen molar-refractivity contribution >= 4 is 17.4 Å². The van der Waals surface area contributed by atoms with Crippen molar-refractivity contribution in [3.8, 4) is 22.6 Å². The van der Waals surface area contributed by atoms with Gasteiger partial charge in [0.15, 0.2) is 11.6 Å². The molecule has 2 heterocycles. The van der Waals surface area contributed by atoms with Gasteiger partial charge in [-0.05, 0) is 60.5 Å². The number of ether oxygens (including phenoxy) is 2. The van der Waals surface area contributed by atoms with Crippen molar-refractivity contribution < 1.29 is 31.4 Å². The fraction of sp³-hybridized carbons (Fsp3) is 0.258. The number of hydrogen-bond acceptors (Lipinski definition) is 5. The molecule has 0 bridgehead atoms. The summed E-state index contributed by atoms with van der Waals surface area (Å²) in [5.74, 6) is -0.761. The summed E-state index contributed by atoms with van der Waals surface area (Å²) >= 11 is 1.31. The van der Waals surface area contributed by atoms with E-state index in [2.05, 4.69) is 5.32 Å². The zero-order valence-electron chi connectivity index (χ0n) is 22.9. The van der Waals surface area contributed by atoms with Crippen LogP contribution in [0.5, 0.6) is 11.5 Å². The summed E-state index contributed by atoms with van der Waals surface area (Å²) in [5.41, 5.74) is -0.785. The van der Waals surface area contributed by atoms with Gasteiger partial charge in [-0.1, -0.05) is 18.2 Å². The molecule has 0 saturated carbocycles. The predicted molar refractivity (Wildman–Crippen MR) is 153 cm³/mol. The Morgan fingerprint density at radius 3 is 2.36 bits per heavy atom. The summed E-state index contributed by atoms with van der Waals surface area (Å²) < 4.78 is 84.1. The molecule has 42 heavy (non-hydrogen) atoms. The topological polar surface area (TPSA) is 52.5 Å². The minimum absolute atomic E-state index is 0.00741. The standard InChI is InChI=1S/C31H27F5N2O3S/c1-17-22(14-23-24(31(34,35)36)7-5-8-25(23)32)30-38(29(39)27(17)21-6-4-9-26(41-3)28(21)33)19(16-42-30)15-37-18-10-12-20(40-2)13-11-18/h4-13,19,37H,14-16H2,1-3H3. The fourth-order valence-corrected chi connectivity index (χ4v) is 6.62. The summed E-state index contributed by atoms with van der Waals surface area (Å²) in [6.07, 6.45) is -5.23. The first-order valence-electron chi connectivity index (χ1n) is 13.0. The van der Waals surface area contributed by atoms with E-state index in [1.165, 1.54) is 41.6 Å². The second-order valence-corrected chi connectivity index (χ2v) is 10.8. The maximum Gasteiger partial charge on any atom is 0.416 e. The van der Waals surface area contributed by atoms with Crippen LogP contribution in [0.2, 0.25) is 0 Å². The molecule has 0 amide bonds. The summed E-state index contributed by atoms with van der Waals surface area (Å²) in [6, 6.07) is 14.0. The van der Waals surface area contributed by atoms with Crippen LogP contribution in [-0.2, 0) is 12.6 Å². The van der Waals surface area contributed by atoms with Gasteiger partial charge in [0.05, 0.1) is 36.4 Å². The molecule has 3 aromatic carbocycles. The number of alkyl halides is 3. The van der Waals surface area contributed by atoms with Crippen LogP contribution in [0.25, 0.3) is 11.1 Å². The number of pyridine rings is 1. The van der Waals surface area contributed by atoms with Crippen molar-refractivity contribution in [1.82, 2.24) is 4.57 Å². The normalized spacial score (nSPS) is 14.5. The summed E-state index contributed by atoms with van der Waals surface area (Å²) in [6.45, 7) is 1.87.